The number of nitrogens with zero attached hydrogens (tertiary/aromatic N) is 3. The number of hydrogen-bond donors (Lipinski definition) is 1. The zero-order valence-corrected chi connectivity index (χ0v) is 18.0. The summed E-state index contributed by atoms with van der Waals surface area (Å²) < 4.78 is 5.62. The van der Waals surface area contributed by atoms with Gasteiger partial charge in [-0.1, -0.05) is 6.42 Å². The minimum absolute atomic E-state index is 0.0969. The quantitative estimate of drug-likeness (QED) is 0.806. The van der Waals surface area contributed by atoms with Gasteiger partial charge in [-0.25, -0.2) is 9.97 Å². The molecule has 1 unspecified atom stereocenters. The van der Waals surface area contributed by atoms with Crippen LogP contribution in [0, 0.1) is 12.8 Å². The number of fused-ring (bicyclic) bond motifs is 1. The number of aromatic nitrogens is 2. The van der Waals surface area contributed by atoms with Crippen molar-refractivity contribution < 1.29 is 9.53 Å². The van der Waals surface area contributed by atoms with Crippen LogP contribution in [0.25, 0.3) is 10.9 Å². The Morgan fingerprint density at radius 2 is 2.03 bits per heavy atom. The number of hydrogen-bond acceptors (Lipinski definition) is 6. The number of aryl methyl sites for hydroxylation is 1. The molecule has 0 aromatic carbocycles. The van der Waals surface area contributed by atoms with Gasteiger partial charge in [-0.2, -0.15) is 0 Å². The third-order valence-electron chi connectivity index (χ3n) is 6.80. The van der Waals surface area contributed by atoms with Crippen LogP contribution in [0.2, 0.25) is 0 Å². The summed E-state index contributed by atoms with van der Waals surface area (Å²) in [7, 11) is 0. The summed E-state index contributed by atoms with van der Waals surface area (Å²) in [5, 5.41) is 6.49. The van der Waals surface area contributed by atoms with Gasteiger partial charge in [0.05, 0.1) is 17.0 Å². The van der Waals surface area contributed by atoms with Crippen molar-refractivity contribution in [3.05, 3.63) is 16.1 Å². The second-order valence-electron chi connectivity index (χ2n) is 8.73. The number of ether oxygens (including phenoxy) is 1. The number of carbonyl (C=O) groups is 1. The number of piperidine rings is 1. The molecule has 6 nitrogen and oxygen atoms in total. The lowest BCUT2D eigenvalue weighted by Crippen LogP contribution is -2.42. The molecule has 0 spiro atoms. The van der Waals surface area contributed by atoms with Crippen LogP contribution in [-0.2, 0) is 9.53 Å². The van der Waals surface area contributed by atoms with Crippen molar-refractivity contribution in [2.24, 2.45) is 5.92 Å². The number of nitrogens with one attached hydrogen (secondary N) is 1. The summed E-state index contributed by atoms with van der Waals surface area (Å²) in [5.74, 6) is 2.93. The predicted molar refractivity (Wildman–Crippen MR) is 116 cm³/mol. The molecule has 1 atom stereocenters. The second kappa shape index (κ2) is 8.19. The monoisotopic (exact) mass is 414 g/mol. The molecule has 29 heavy (non-hydrogen) atoms. The molecule has 2 aromatic heterocycles. The average Bonchev–Trinajstić information content (AvgIpc) is 3.34. The first-order valence-corrected chi connectivity index (χ1v) is 12.0. The van der Waals surface area contributed by atoms with E-state index in [1.165, 1.54) is 29.5 Å². The predicted octanol–water partition coefficient (Wildman–Crippen LogP) is 3.78. The van der Waals surface area contributed by atoms with Crippen LogP contribution < -0.4 is 10.2 Å². The van der Waals surface area contributed by atoms with Crippen molar-refractivity contribution in [3.63, 3.8) is 0 Å². The second-order valence-corrected chi connectivity index (χ2v) is 9.81. The van der Waals surface area contributed by atoms with E-state index in [-0.39, 0.29) is 17.9 Å². The average molecular weight is 415 g/mol. The lowest BCUT2D eigenvalue weighted by molar-refractivity contribution is -0.126. The van der Waals surface area contributed by atoms with Crippen molar-refractivity contribution in [2.75, 3.05) is 31.1 Å². The smallest absolute Gasteiger partial charge is 0.223 e. The van der Waals surface area contributed by atoms with Gasteiger partial charge in [-0.3, -0.25) is 4.79 Å². The highest BCUT2D eigenvalue weighted by molar-refractivity contribution is 7.11. The Morgan fingerprint density at radius 3 is 2.72 bits per heavy atom. The van der Waals surface area contributed by atoms with Gasteiger partial charge in [0.1, 0.15) is 11.6 Å². The third kappa shape index (κ3) is 3.87. The van der Waals surface area contributed by atoms with Crippen molar-refractivity contribution in [3.8, 4) is 0 Å². The van der Waals surface area contributed by atoms with Crippen LogP contribution in [0.4, 0.5) is 5.82 Å². The van der Waals surface area contributed by atoms with E-state index in [1.807, 2.05) is 0 Å². The van der Waals surface area contributed by atoms with Crippen LogP contribution >= 0.6 is 11.3 Å². The number of amides is 1. The maximum atomic E-state index is 12.6. The summed E-state index contributed by atoms with van der Waals surface area (Å²) in [6.45, 7) is 5.41. The Bertz CT molecular complexity index is 880. The van der Waals surface area contributed by atoms with E-state index < -0.39 is 0 Å². The molecule has 0 radical (unpaired) electrons. The molecule has 2 aliphatic heterocycles. The van der Waals surface area contributed by atoms with Crippen LogP contribution in [-0.4, -0.2) is 48.2 Å². The van der Waals surface area contributed by atoms with E-state index in [0.29, 0.717) is 12.5 Å². The summed E-state index contributed by atoms with van der Waals surface area (Å²) in [4.78, 5) is 26.2. The first kappa shape index (κ1) is 19.2. The van der Waals surface area contributed by atoms with Crippen LogP contribution in [0.15, 0.2) is 5.38 Å². The molecule has 4 heterocycles. The molecule has 1 amide bonds. The molecule has 2 aromatic rings. The molecule has 5 rings (SSSR count). The van der Waals surface area contributed by atoms with Gasteiger partial charge in [-0.05, 0) is 45.4 Å². The Kier molecular flexibility index (Phi) is 5.43. The first-order valence-electron chi connectivity index (χ1n) is 11.1. The number of carbonyl (C=O) groups excluding carboxylic acids is 1. The first-order chi connectivity index (χ1) is 14.2. The van der Waals surface area contributed by atoms with Crippen molar-refractivity contribution in [1.82, 2.24) is 15.3 Å². The number of rotatable bonds is 5. The molecule has 3 fully saturated rings. The van der Waals surface area contributed by atoms with Gasteiger partial charge in [0.2, 0.25) is 5.91 Å². The van der Waals surface area contributed by atoms with Crippen molar-refractivity contribution in [1.29, 1.82) is 0 Å². The van der Waals surface area contributed by atoms with Crippen LogP contribution in [0.1, 0.15) is 61.6 Å². The maximum absolute atomic E-state index is 12.6. The largest absolute Gasteiger partial charge is 0.376 e. The number of anilines is 1. The Hall–Kier alpha value is -1.73. The van der Waals surface area contributed by atoms with Gasteiger partial charge in [0.15, 0.2) is 0 Å². The summed E-state index contributed by atoms with van der Waals surface area (Å²) >= 11 is 1.76. The Labute approximate surface area is 176 Å². The van der Waals surface area contributed by atoms with Gasteiger partial charge >= 0.3 is 0 Å². The fourth-order valence-corrected chi connectivity index (χ4v) is 5.48. The van der Waals surface area contributed by atoms with Gasteiger partial charge < -0.3 is 15.0 Å². The summed E-state index contributed by atoms with van der Waals surface area (Å²) in [5.41, 5.74) is 1.09. The SMILES string of the molecule is Cc1scc2nc(C3CCC3)nc(N3CCC(C(=O)NCC4CCCO4)CC3)c12. The fraction of sp³-hybridized carbons (Fsp3) is 0.682. The van der Waals surface area contributed by atoms with E-state index in [1.54, 1.807) is 11.3 Å². The van der Waals surface area contributed by atoms with E-state index >= 15 is 0 Å². The normalized spacial score (nSPS) is 23.5. The van der Waals surface area contributed by atoms with E-state index in [9.17, 15) is 4.79 Å². The molecule has 2 saturated heterocycles. The minimum atomic E-state index is 0.0969. The van der Waals surface area contributed by atoms with E-state index in [0.717, 1.165) is 62.5 Å². The third-order valence-corrected chi connectivity index (χ3v) is 7.70. The highest BCUT2D eigenvalue weighted by Crippen LogP contribution is 2.39. The summed E-state index contributed by atoms with van der Waals surface area (Å²) in [6, 6.07) is 0. The zero-order chi connectivity index (χ0) is 19.8. The van der Waals surface area contributed by atoms with Crippen molar-refractivity contribution in [2.45, 2.75) is 63.9 Å². The van der Waals surface area contributed by atoms with E-state index in [2.05, 4.69) is 22.5 Å². The maximum Gasteiger partial charge on any atom is 0.223 e. The van der Waals surface area contributed by atoms with Crippen LogP contribution in [0.5, 0.6) is 0 Å². The lowest BCUT2D eigenvalue weighted by atomic mass is 9.85. The Balaban J connectivity index is 1.27. The highest BCUT2D eigenvalue weighted by atomic mass is 32.1. The van der Waals surface area contributed by atoms with Gasteiger partial charge in [0, 0.05) is 48.3 Å². The Morgan fingerprint density at radius 1 is 1.21 bits per heavy atom. The molecular weight excluding hydrogens is 384 g/mol. The zero-order valence-electron chi connectivity index (χ0n) is 17.2. The number of thiophene rings is 1. The fourth-order valence-electron chi connectivity index (χ4n) is 4.70. The highest BCUT2D eigenvalue weighted by Gasteiger charge is 2.30. The lowest BCUT2D eigenvalue weighted by Gasteiger charge is -2.33. The molecule has 7 heteroatoms. The van der Waals surface area contributed by atoms with Gasteiger partial charge in [-0.15, -0.1) is 11.3 Å². The molecule has 156 valence electrons. The van der Waals surface area contributed by atoms with Crippen LogP contribution in [0.3, 0.4) is 0 Å². The summed E-state index contributed by atoms with van der Waals surface area (Å²) in [6.07, 6.45) is 7.84. The van der Waals surface area contributed by atoms with E-state index in [4.69, 9.17) is 14.7 Å². The topological polar surface area (TPSA) is 67.4 Å². The molecule has 1 N–H and O–H groups in total. The molecule has 0 bridgehead atoms. The standard InChI is InChI=1S/C22H30N4O2S/c1-14-19-18(13-29-14)24-20(15-4-2-5-15)25-21(19)26-9-7-16(8-10-26)22(27)23-12-17-6-3-11-28-17/h13,15-17H,2-12H2,1H3,(H,23,27). The molecule has 1 saturated carbocycles. The molecular formula is C22H30N4O2S. The minimum Gasteiger partial charge on any atom is -0.376 e. The molecule has 1 aliphatic carbocycles. The van der Waals surface area contributed by atoms with Crippen molar-refractivity contribution >= 4 is 34.0 Å². The van der Waals surface area contributed by atoms with Gasteiger partial charge in [0.25, 0.3) is 0 Å². The molecule has 3 aliphatic rings.